The van der Waals surface area contributed by atoms with E-state index in [4.69, 9.17) is 9.47 Å². The van der Waals surface area contributed by atoms with E-state index in [1.54, 1.807) is 0 Å². The Balaban J connectivity index is 1.76. The number of carbonyl (C=O) groups is 1. The topological polar surface area (TPSA) is 38.8 Å². The molecule has 4 nitrogen and oxygen atoms in total. The summed E-state index contributed by atoms with van der Waals surface area (Å²) in [6, 6.07) is 4.18. The van der Waals surface area contributed by atoms with Crippen LogP contribution < -0.4 is 9.47 Å². The Morgan fingerprint density at radius 3 is 2.95 bits per heavy atom. The van der Waals surface area contributed by atoms with Gasteiger partial charge in [-0.1, -0.05) is 12.8 Å². The van der Waals surface area contributed by atoms with E-state index in [-0.39, 0.29) is 11.4 Å². The van der Waals surface area contributed by atoms with Crippen LogP contribution in [0.1, 0.15) is 43.2 Å². The number of benzene rings is 1. The molecule has 1 spiro atoms. The van der Waals surface area contributed by atoms with Crippen molar-refractivity contribution >= 4 is 12.0 Å². The van der Waals surface area contributed by atoms with Crippen LogP contribution in [0.5, 0.6) is 11.5 Å². The zero-order valence-electron chi connectivity index (χ0n) is 11.8. The SMILES string of the molecule is O=C1C[C@@H]2CCCC[C@@]23c2cc4c(cc2C=CN13)OCO4. The smallest absolute Gasteiger partial charge is 0.231 e. The van der Waals surface area contributed by atoms with Gasteiger partial charge in [0.05, 0.1) is 5.54 Å². The number of nitrogens with zero attached hydrogens (tertiary/aromatic N) is 1. The first kappa shape index (κ1) is 11.7. The molecule has 1 aromatic carbocycles. The summed E-state index contributed by atoms with van der Waals surface area (Å²) in [5.74, 6) is 2.34. The van der Waals surface area contributed by atoms with Crippen molar-refractivity contribution < 1.29 is 14.3 Å². The molecule has 0 aromatic heterocycles. The third-order valence-electron chi connectivity index (χ3n) is 5.57. The molecular formula is C17H17NO3. The normalized spacial score (nSPS) is 31.9. The second kappa shape index (κ2) is 3.81. The van der Waals surface area contributed by atoms with E-state index < -0.39 is 0 Å². The van der Waals surface area contributed by atoms with Gasteiger partial charge in [-0.05, 0) is 48.1 Å². The highest BCUT2D eigenvalue weighted by Gasteiger charge is 2.55. The maximum Gasteiger partial charge on any atom is 0.231 e. The third-order valence-corrected chi connectivity index (χ3v) is 5.57. The molecular weight excluding hydrogens is 266 g/mol. The first-order chi connectivity index (χ1) is 10.3. The summed E-state index contributed by atoms with van der Waals surface area (Å²) in [6.07, 6.45) is 9.32. The fourth-order valence-electron chi connectivity index (χ4n) is 4.67. The van der Waals surface area contributed by atoms with Gasteiger partial charge in [-0.2, -0.15) is 0 Å². The van der Waals surface area contributed by atoms with Crippen molar-refractivity contribution in [3.8, 4) is 11.5 Å². The van der Waals surface area contributed by atoms with Crippen molar-refractivity contribution in [2.24, 2.45) is 5.92 Å². The summed E-state index contributed by atoms with van der Waals surface area (Å²) in [5, 5.41) is 0. The quantitative estimate of drug-likeness (QED) is 0.734. The minimum absolute atomic E-state index is 0.138. The molecule has 108 valence electrons. The summed E-state index contributed by atoms with van der Waals surface area (Å²) in [5.41, 5.74) is 2.29. The van der Waals surface area contributed by atoms with Gasteiger partial charge in [0.1, 0.15) is 0 Å². The van der Waals surface area contributed by atoms with E-state index in [1.807, 2.05) is 17.2 Å². The highest BCUT2D eigenvalue weighted by molar-refractivity contribution is 5.85. The van der Waals surface area contributed by atoms with Gasteiger partial charge in [-0.25, -0.2) is 0 Å². The fraction of sp³-hybridized carbons (Fsp3) is 0.471. The Labute approximate surface area is 123 Å². The van der Waals surface area contributed by atoms with Crippen LogP contribution in [0.25, 0.3) is 6.08 Å². The summed E-state index contributed by atoms with van der Waals surface area (Å²) < 4.78 is 11.1. The fourth-order valence-corrected chi connectivity index (χ4v) is 4.67. The Bertz CT molecular complexity index is 681. The zero-order valence-corrected chi connectivity index (χ0v) is 11.8. The first-order valence-electron chi connectivity index (χ1n) is 7.73. The van der Waals surface area contributed by atoms with Crippen molar-refractivity contribution in [1.29, 1.82) is 0 Å². The largest absolute Gasteiger partial charge is 0.454 e. The Kier molecular flexibility index (Phi) is 2.12. The van der Waals surface area contributed by atoms with Crippen LogP contribution >= 0.6 is 0 Å². The minimum Gasteiger partial charge on any atom is -0.454 e. The number of rotatable bonds is 0. The molecule has 2 fully saturated rings. The molecule has 4 heteroatoms. The molecule has 0 N–H and O–H groups in total. The van der Waals surface area contributed by atoms with E-state index in [0.29, 0.717) is 19.1 Å². The molecule has 4 aliphatic rings. The number of hydrogen-bond donors (Lipinski definition) is 0. The molecule has 1 saturated heterocycles. The number of fused-ring (bicyclic) bond motifs is 2. The monoisotopic (exact) mass is 283 g/mol. The van der Waals surface area contributed by atoms with Crippen molar-refractivity contribution in [3.63, 3.8) is 0 Å². The lowest BCUT2D eigenvalue weighted by molar-refractivity contribution is -0.128. The standard InChI is InChI=1S/C17H17NO3/c19-16-8-12-3-1-2-5-17(12)13-9-15-14(20-10-21-15)7-11(13)4-6-18(16)17/h4,6-7,9,12H,1-3,5,8,10H2/t12-,17-/m0/s1. The predicted molar refractivity (Wildman–Crippen MR) is 76.7 cm³/mol. The molecule has 21 heavy (non-hydrogen) atoms. The second-order valence-electron chi connectivity index (χ2n) is 6.44. The van der Waals surface area contributed by atoms with Gasteiger partial charge in [0, 0.05) is 12.6 Å². The summed E-state index contributed by atoms with van der Waals surface area (Å²) in [7, 11) is 0. The molecule has 2 atom stereocenters. The highest BCUT2D eigenvalue weighted by Crippen LogP contribution is 2.56. The molecule has 3 heterocycles. The average molecular weight is 283 g/mol. The molecule has 1 amide bonds. The van der Waals surface area contributed by atoms with Crippen LogP contribution in [0.2, 0.25) is 0 Å². The Hall–Kier alpha value is -1.97. The zero-order chi connectivity index (χ0) is 14.0. The molecule has 0 radical (unpaired) electrons. The van der Waals surface area contributed by atoms with E-state index in [0.717, 1.165) is 24.3 Å². The van der Waals surface area contributed by atoms with Gasteiger partial charge < -0.3 is 14.4 Å². The van der Waals surface area contributed by atoms with E-state index in [1.165, 1.54) is 24.0 Å². The van der Waals surface area contributed by atoms with E-state index in [9.17, 15) is 4.79 Å². The molecule has 0 unspecified atom stereocenters. The van der Waals surface area contributed by atoms with Gasteiger partial charge in [0.15, 0.2) is 11.5 Å². The van der Waals surface area contributed by atoms with E-state index >= 15 is 0 Å². The Morgan fingerprint density at radius 2 is 2.05 bits per heavy atom. The summed E-state index contributed by atoms with van der Waals surface area (Å²) in [4.78, 5) is 14.4. The highest BCUT2D eigenvalue weighted by atomic mass is 16.7. The van der Waals surface area contributed by atoms with Crippen LogP contribution in [0.3, 0.4) is 0 Å². The summed E-state index contributed by atoms with van der Waals surface area (Å²) in [6.45, 7) is 0.293. The molecule has 1 aromatic rings. The van der Waals surface area contributed by atoms with Crippen molar-refractivity contribution in [1.82, 2.24) is 4.90 Å². The van der Waals surface area contributed by atoms with Crippen LogP contribution in [-0.2, 0) is 10.3 Å². The maximum absolute atomic E-state index is 12.4. The summed E-state index contributed by atoms with van der Waals surface area (Å²) >= 11 is 0. The number of amides is 1. The third kappa shape index (κ3) is 1.33. The average Bonchev–Trinajstić information content (AvgIpc) is 3.06. The number of ether oxygens (including phenoxy) is 2. The first-order valence-corrected chi connectivity index (χ1v) is 7.73. The molecule has 1 saturated carbocycles. The number of hydrogen-bond acceptors (Lipinski definition) is 3. The van der Waals surface area contributed by atoms with Gasteiger partial charge >= 0.3 is 0 Å². The van der Waals surface area contributed by atoms with Crippen molar-refractivity contribution in [2.45, 2.75) is 37.6 Å². The predicted octanol–water partition coefficient (Wildman–Crippen LogP) is 3.02. The number of carbonyl (C=O) groups excluding carboxylic acids is 1. The minimum atomic E-state index is -0.138. The lowest BCUT2D eigenvalue weighted by atomic mass is 9.67. The lowest BCUT2D eigenvalue weighted by Crippen LogP contribution is -2.47. The van der Waals surface area contributed by atoms with Gasteiger partial charge in [0.2, 0.25) is 12.7 Å². The molecule has 0 bridgehead atoms. The van der Waals surface area contributed by atoms with Crippen LogP contribution in [0.4, 0.5) is 0 Å². The Morgan fingerprint density at radius 1 is 1.19 bits per heavy atom. The van der Waals surface area contributed by atoms with Crippen LogP contribution in [-0.4, -0.2) is 17.6 Å². The van der Waals surface area contributed by atoms with Gasteiger partial charge in [0.25, 0.3) is 0 Å². The van der Waals surface area contributed by atoms with Crippen molar-refractivity contribution in [2.75, 3.05) is 6.79 Å². The van der Waals surface area contributed by atoms with Crippen LogP contribution in [0, 0.1) is 5.92 Å². The molecule has 5 rings (SSSR count). The molecule has 1 aliphatic carbocycles. The van der Waals surface area contributed by atoms with Crippen molar-refractivity contribution in [3.05, 3.63) is 29.5 Å². The van der Waals surface area contributed by atoms with Crippen LogP contribution in [0.15, 0.2) is 18.3 Å². The molecule has 3 aliphatic heterocycles. The van der Waals surface area contributed by atoms with E-state index in [2.05, 4.69) is 12.1 Å². The second-order valence-corrected chi connectivity index (χ2v) is 6.44. The van der Waals surface area contributed by atoms with Gasteiger partial charge in [-0.15, -0.1) is 0 Å². The lowest BCUT2D eigenvalue weighted by Gasteiger charge is -2.46. The maximum atomic E-state index is 12.4. The van der Waals surface area contributed by atoms with Gasteiger partial charge in [-0.3, -0.25) is 4.79 Å².